The zero-order chi connectivity index (χ0) is 12.7. The van der Waals surface area contributed by atoms with Crippen molar-refractivity contribution in [3.05, 3.63) is 26.8 Å². The predicted molar refractivity (Wildman–Crippen MR) is 53.6 cm³/mol. The number of hydrogen-bond acceptors (Lipinski definition) is 1. The molecule has 2 N–H and O–H groups in total. The average molecular weight is 355 g/mol. The van der Waals surface area contributed by atoms with E-state index in [0.29, 0.717) is 12.1 Å². The van der Waals surface area contributed by atoms with Crippen LogP contribution in [0.4, 0.5) is 32.0 Å². The van der Waals surface area contributed by atoms with Crippen molar-refractivity contribution in [2.24, 2.45) is 0 Å². The van der Waals surface area contributed by atoms with Crippen LogP contribution in [-0.4, -0.2) is 0 Å². The van der Waals surface area contributed by atoms with E-state index in [2.05, 4.69) is 0 Å². The molecule has 0 unspecified atom stereocenters. The Labute approximate surface area is 99.8 Å². The molecule has 90 valence electrons. The molecule has 1 aromatic rings. The molecule has 0 bridgehead atoms. The highest BCUT2D eigenvalue weighted by Crippen LogP contribution is 2.40. The van der Waals surface area contributed by atoms with Crippen molar-refractivity contribution in [2.75, 3.05) is 5.73 Å². The molecule has 1 aromatic carbocycles. The Bertz CT molecular complexity index is 368. The predicted octanol–water partition coefficient (Wildman–Crippen LogP) is 3.91. The van der Waals surface area contributed by atoms with Crippen LogP contribution in [0.2, 0.25) is 0 Å². The molecule has 0 amide bonds. The first-order valence-corrected chi connectivity index (χ1v) is 4.85. The van der Waals surface area contributed by atoms with Gasteiger partial charge in [-0.05, 0) is 34.7 Å². The second-order valence-corrected chi connectivity index (χ2v) is 4.08. The van der Waals surface area contributed by atoms with Crippen molar-refractivity contribution < 1.29 is 26.3 Å². The maximum atomic E-state index is 12.3. The van der Waals surface area contributed by atoms with Gasteiger partial charge in [0.1, 0.15) is 0 Å². The highest BCUT2D eigenvalue weighted by molar-refractivity contribution is 14.1. The number of rotatable bonds is 0. The van der Waals surface area contributed by atoms with Crippen molar-refractivity contribution >= 4 is 28.3 Å². The summed E-state index contributed by atoms with van der Waals surface area (Å²) in [5.74, 6) is 0. The molecule has 1 nitrogen and oxygen atoms in total. The molecule has 16 heavy (non-hydrogen) atoms. The molecule has 8 heteroatoms. The lowest BCUT2D eigenvalue weighted by molar-refractivity contribution is -0.141. The van der Waals surface area contributed by atoms with Crippen molar-refractivity contribution in [1.29, 1.82) is 0 Å². The van der Waals surface area contributed by atoms with Crippen LogP contribution in [0.3, 0.4) is 0 Å². The third kappa shape index (κ3) is 2.71. The van der Waals surface area contributed by atoms with E-state index in [1.807, 2.05) is 0 Å². The van der Waals surface area contributed by atoms with Gasteiger partial charge in [-0.1, -0.05) is 0 Å². The summed E-state index contributed by atoms with van der Waals surface area (Å²) in [5, 5.41) is 0. The Morgan fingerprint density at radius 1 is 0.875 bits per heavy atom. The van der Waals surface area contributed by atoms with Crippen molar-refractivity contribution in [3.8, 4) is 0 Å². The summed E-state index contributed by atoms with van der Waals surface area (Å²) in [6.07, 6.45) is -9.47. The fourth-order valence-corrected chi connectivity index (χ4v) is 1.83. The van der Waals surface area contributed by atoms with Crippen LogP contribution in [-0.2, 0) is 12.4 Å². The van der Waals surface area contributed by atoms with E-state index in [0.717, 1.165) is 0 Å². The van der Waals surface area contributed by atoms with Crippen LogP contribution in [0.1, 0.15) is 11.1 Å². The molecule has 0 atom stereocenters. The first kappa shape index (κ1) is 13.4. The standard InChI is InChI=1S/C8H4F6IN/c9-7(10,11)3-2-6(16)4(1-5(3)15)8(12,13)14/h1-2H,16H2. The molecule has 0 saturated carbocycles. The molecule has 1 rings (SSSR count). The van der Waals surface area contributed by atoms with Crippen LogP contribution in [0.15, 0.2) is 12.1 Å². The van der Waals surface area contributed by atoms with Crippen molar-refractivity contribution in [3.63, 3.8) is 0 Å². The van der Waals surface area contributed by atoms with Gasteiger partial charge in [0.25, 0.3) is 0 Å². The number of nitrogen functional groups attached to an aromatic ring is 1. The summed E-state index contributed by atoms with van der Waals surface area (Å²) in [6, 6.07) is 0.684. The highest BCUT2D eigenvalue weighted by atomic mass is 127. The second kappa shape index (κ2) is 3.97. The number of nitrogens with two attached hydrogens (primary N) is 1. The molecule has 0 heterocycles. The summed E-state index contributed by atoms with van der Waals surface area (Å²) < 4.78 is 73.3. The third-order valence-corrected chi connectivity index (χ3v) is 2.64. The molecule has 0 spiro atoms. The van der Waals surface area contributed by atoms with Gasteiger partial charge in [-0.15, -0.1) is 0 Å². The number of alkyl halides is 6. The topological polar surface area (TPSA) is 26.0 Å². The molecule has 0 aliphatic rings. The number of anilines is 1. The normalized spacial score (nSPS) is 12.9. The second-order valence-electron chi connectivity index (χ2n) is 2.91. The van der Waals surface area contributed by atoms with E-state index in [1.165, 1.54) is 22.6 Å². The summed E-state index contributed by atoms with van der Waals surface area (Å²) in [5.41, 5.74) is 1.59. The van der Waals surface area contributed by atoms with Crippen molar-refractivity contribution in [2.45, 2.75) is 12.4 Å². The number of hydrogen-bond donors (Lipinski definition) is 1. The van der Waals surface area contributed by atoms with E-state index in [4.69, 9.17) is 5.73 Å². The van der Waals surface area contributed by atoms with Crippen molar-refractivity contribution in [1.82, 2.24) is 0 Å². The van der Waals surface area contributed by atoms with E-state index in [1.54, 1.807) is 0 Å². The zero-order valence-electron chi connectivity index (χ0n) is 7.38. The molecular formula is C8H4F6IN. The van der Waals surface area contributed by atoms with Gasteiger partial charge >= 0.3 is 12.4 Å². The third-order valence-electron chi connectivity index (χ3n) is 1.75. The lowest BCUT2D eigenvalue weighted by atomic mass is 10.1. The first-order valence-electron chi connectivity index (χ1n) is 3.77. The fourth-order valence-electron chi connectivity index (χ4n) is 1.05. The zero-order valence-corrected chi connectivity index (χ0v) is 9.54. The first-order chi connectivity index (χ1) is 7.03. The summed E-state index contributed by atoms with van der Waals surface area (Å²) in [7, 11) is 0. The van der Waals surface area contributed by atoms with Gasteiger partial charge in [-0.2, -0.15) is 26.3 Å². The minimum absolute atomic E-state index is 0.296. The van der Waals surface area contributed by atoms with E-state index < -0.39 is 32.7 Å². The minimum atomic E-state index is -4.76. The maximum Gasteiger partial charge on any atom is 0.418 e. The summed E-state index contributed by atoms with van der Waals surface area (Å²) >= 11 is 1.19. The van der Waals surface area contributed by atoms with E-state index in [9.17, 15) is 26.3 Å². The number of benzene rings is 1. The average Bonchev–Trinajstić information content (AvgIpc) is 2.04. The Morgan fingerprint density at radius 3 is 1.69 bits per heavy atom. The molecule has 0 aliphatic heterocycles. The molecule has 0 saturated heterocycles. The quantitative estimate of drug-likeness (QED) is 0.426. The van der Waals surface area contributed by atoms with Gasteiger partial charge < -0.3 is 5.73 Å². The molecule has 0 fully saturated rings. The van der Waals surface area contributed by atoms with Gasteiger partial charge in [0.05, 0.1) is 11.1 Å². The van der Waals surface area contributed by atoms with Crippen LogP contribution in [0.5, 0.6) is 0 Å². The SMILES string of the molecule is Nc1cc(C(F)(F)F)c(I)cc1C(F)(F)F. The Balaban J connectivity index is 3.40. The molecule has 0 aliphatic carbocycles. The van der Waals surface area contributed by atoms with Crippen LogP contribution < -0.4 is 5.73 Å². The summed E-state index contributed by atoms with van der Waals surface area (Å²) in [4.78, 5) is 0. The maximum absolute atomic E-state index is 12.3. The van der Waals surface area contributed by atoms with E-state index in [-0.39, 0.29) is 0 Å². The summed E-state index contributed by atoms with van der Waals surface area (Å²) in [6.45, 7) is 0. The minimum Gasteiger partial charge on any atom is -0.398 e. The Kier molecular flexibility index (Phi) is 3.32. The van der Waals surface area contributed by atoms with Crippen LogP contribution in [0.25, 0.3) is 0 Å². The van der Waals surface area contributed by atoms with Gasteiger partial charge in [0.2, 0.25) is 0 Å². The molecule has 0 aromatic heterocycles. The lowest BCUT2D eigenvalue weighted by Gasteiger charge is -2.15. The van der Waals surface area contributed by atoms with Crippen LogP contribution in [0, 0.1) is 3.57 Å². The molecular weight excluding hydrogens is 351 g/mol. The highest BCUT2D eigenvalue weighted by Gasteiger charge is 2.38. The Morgan fingerprint density at radius 2 is 1.31 bits per heavy atom. The lowest BCUT2D eigenvalue weighted by Crippen LogP contribution is -2.14. The van der Waals surface area contributed by atoms with Crippen LogP contribution >= 0.6 is 22.6 Å². The van der Waals surface area contributed by atoms with E-state index >= 15 is 0 Å². The largest absolute Gasteiger partial charge is 0.418 e. The van der Waals surface area contributed by atoms with Gasteiger partial charge in [-0.25, -0.2) is 0 Å². The fraction of sp³-hybridized carbons (Fsp3) is 0.250. The number of halogens is 7. The Hall–Kier alpha value is -0.670. The van der Waals surface area contributed by atoms with Gasteiger partial charge in [-0.3, -0.25) is 0 Å². The smallest absolute Gasteiger partial charge is 0.398 e. The van der Waals surface area contributed by atoms with Gasteiger partial charge in [0.15, 0.2) is 0 Å². The molecule has 0 radical (unpaired) electrons. The van der Waals surface area contributed by atoms with Gasteiger partial charge in [0, 0.05) is 9.26 Å². The monoisotopic (exact) mass is 355 g/mol.